The molecule has 7 nitrogen and oxygen atoms in total. The molecule has 0 N–H and O–H groups in total. The normalized spacial score (nSPS) is 22.3. The fraction of sp³-hybridized carbons (Fsp3) is 0.500. The Morgan fingerprint density at radius 1 is 1.24 bits per heavy atom. The van der Waals surface area contributed by atoms with Gasteiger partial charge in [-0.3, -0.25) is 14.3 Å². The zero-order valence-electron chi connectivity index (χ0n) is 17.1. The Balaban J connectivity index is 1.53. The Bertz CT molecular complexity index is 895. The van der Waals surface area contributed by atoms with E-state index in [4.69, 9.17) is 4.74 Å². The number of piperidine rings is 1. The summed E-state index contributed by atoms with van der Waals surface area (Å²) >= 11 is 0. The number of ether oxygens (including phenoxy) is 1. The number of amides is 2. The molecule has 1 atom stereocenters. The van der Waals surface area contributed by atoms with Crippen LogP contribution in [-0.4, -0.2) is 58.3 Å². The van der Waals surface area contributed by atoms with Crippen molar-refractivity contribution in [2.24, 2.45) is 0 Å². The fourth-order valence-electron chi connectivity index (χ4n) is 4.34. The van der Waals surface area contributed by atoms with Crippen molar-refractivity contribution in [3.63, 3.8) is 0 Å². The Hall–Kier alpha value is -2.67. The number of hydrogen-bond donors (Lipinski definition) is 0. The van der Waals surface area contributed by atoms with E-state index in [1.807, 2.05) is 46.8 Å². The van der Waals surface area contributed by atoms with E-state index in [-0.39, 0.29) is 18.4 Å². The molecule has 3 heterocycles. The van der Waals surface area contributed by atoms with Gasteiger partial charge in [-0.15, -0.1) is 0 Å². The van der Waals surface area contributed by atoms with Gasteiger partial charge >= 0.3 is 0 Å². The molecule has 0 bridgehead atoms. The van der Waals surface area contributed by atoms with Crippen LogP contribution in [0.4, 0.5) is 5.69 Å². The molecule has 2 fully saturated rings. The minimum absolute atomic E-state index is 0.00399. The van der Waals surface area contributed by atoms with Gasteiger partial charge in [0.25, 0.3) is 11.8 Å². The largest absolute Gasteiger partial charge is 0.361 e. The van der Waals surface area contributed by atoms with Gasteiger partial charge in [0.2, 0.25) is 0 Å². The predicted molar refractivity (Wildman–Crippen MR) is 110 cm³/mol. The van der Waals surface area contributed by atoms with Crippen molar-refractivity contribution in [3.05, 3.63) is 47.8 Å². The van der Waals surface area contributed by atoms with E-state index in [2.05, 4.69) is 12.0 Å². The molecule has 7 heteroatoms. The monoisotopic (exact) mass is 396 g/mol. The number of para-hydroxylation sites is 1. The molecule has 2 aliphatic heterocycles. The second-order valence-corrected chi connectivity index (χ2v) is 7.98. The number of morpholine rings is 1. The number of rotatable bonds is 4. The van der Waals surface area contributed by atoms with Crippen LogP contribution in [0, 0.1) is 6.92 Å². The van der Waals surface area contributed by atoms with Gasteiger partial charge in [-0.1, -0.05) is 25.1 Å². The highest BCUT2D eigenvalue weighted by atomic mass is 16.5. The van der Waals surface area contributed by atoms with Crippen LogP contribution in [0.25, 0.3) is 0 Å². The molecule has 2 aromatic rings. The van der Waals surface area contributed by atoms with Gasteiger partial charge in [0.1, 0.15) is 12.2 Å². The molecule has 29 heavy (non-hydrogen) atoms. The zero-order valence-corrected chi connectivity index (χ0v) is 17.1. The van der Waals surface area contributed by atoms with Gasteiger partial charge in [0.15, 0.2) is 0 Å². The van der Waals surface area contributed by atoms with Crippen molar-refractivity contribution in [2.75, 3.05) is 31.1 Å². The van der Waals surface area contributed by atoms with E-state index in [0.717, 1.165) is 37.2 Å². The molecule has 1 unspecified atom stereocenters. The molecule has 0 radical (unpaired) electrons. The molecule has 0 saturated carbocycles. The minimum atomic E-state index is -0.523. The molecule has 1 aromatic carbocycles. The summed E-state index contributed by atoms with van der Waals surface area (Å²) in [6, 6.07) is 9.67. The highest BCUT2D eigenvalue weighted by molar-refractivity contribution is 5.96. The van der Waals surface area contributed by atoms with E-state index >= 15 is 0 Å². The smallest absolute Gasteiger partial charge is 0.257 e. The number of benzene rings is 1. The van der Waals surface area contributed by atoms with E-state index in [9.17, 15) is 9.59 Å². The summed E-state index contributed by atoms with van der Waals surface area (Å²) in [5.74, 6) is -0.0438. The highest BCUT2D eigenvalue weighted by Gasteiger charge is 2.44. The Morgan fingerprint density at radius 2 is 2.03 bits per heavy atom. The van der Waals surface area contributed by atoms with Crippen LogP contribution in [0.3, 0.4) is 0 Å². The summed E-state index contributed by atoms with van der Waals surface area (Å²) in [6.07, 6.45) is 4.34. The average molecular weight is 396 g/mol. The number of anilines is 1. The van der Waals surface area contributed by atoms with Crippen molar-refractivity contribution in [3.8, 4) is 0 Å². The second-order valence-electron chi connectivity index (χ2n) is 7.98. The topological polar surface area (TPSA) is 67.7 Å². The van der Waals surface area contributed by atoms with Gasteiger partial charge in [-0.05, 0) is 38.3 Å². The lowest BCUT2D eigenvalue weighted by Gasteiger charge is -2.47. The number of aryl methyl sites for hydroxylation is 1. The maximum atomic E-state index is 13.2. The molecule has 2 amide bonds. The van der Waals surface area contributed by atoms with E-state index in [1.54, 1.807) is 11.1 Å². The Labute approximate surface area is 171 Å². The number of nitrogens with zero attached hydrogens (tertiary/aromatic N) is 4. The summed E-state index contributed by atoms with van der Waals surface area (Å²) in [5.41, 5.74) is 1.91. The molecule has 2 saturated heterocycles. The predicted octanol–water partition coefficient (Wildman–Crippen LogP) is 2.64. The molecule has 1 spiro atoms. The first-order valence-corrected chi connectivity index (χ1v) is 10.3. The van der Waals surface area contributed by atoms with Crippen molar-refractivity contribution in [1.82, 2.24) is 14.7 Å². The highest BCUT2D eigenvalue weighted by Crippen LogP contribution is 2.32. The third-order valence-electron chi connectivity index (χ3n) is 5.91. The lowest BCUT2D eigenvalue weighted by Crippen LogP contribution is -2.62. The minimum Gasteiger partial charge on any atom is -0.361 e. The molecule has 4 rings (SSSR count). The van der Waals surface area contributed by atoms with Crippen LogP contribution in [0.2, 0.25) is 0 Å². The van der Waals surface area contributed by atoms with E-state index < -0.39 is 5.60 Å². The lowest BCUT2D eigenvalue weighted by atomic mass is 9.90. The van der Waals surface area contributed by atoms with Crippen LogP contribution in [0.1, 0.15) is 42.2 Å². The summed E-state index contributed by atoms with van der Waals surface area (Å²) in [6.45, 7) is 6.54. The van der Waals surface area contributed by atoms with E-state index in [1.165, 1.54) is 0 Å². The van der Waals surface area contributed by atoms with Crippen LogP contribution in [0.15, 0.2) is 36.5 Å². The van der Waals surface area contributed by atoms with Crippen molar-refractivity contribution in [1.29, 1.82) is 0 Å². The number of carbonyl (C=O) groups is 2. The van der Waals surface area contributed by atoms with Gasteiger partial charge in [-0.2, -0.15) is 5.10 Å². The quantitative estimate of drug-likeness (QED) is 0.797. The maximum absolute atomic E-state index is 13.2. The van der Waals surface area contributed by atoms with Crippen LogP contribution in [0.5, 0.6) is 0 Å². The van der Waals surface area contributed by atoms with Crippen LogP contribution < -0.4 is 4.90 Å². The van der Waals surface area contributed by atoms with Gasteiger partial charge in [-0.25, -0.2) is 0 Å². The number of hydrogen-bond acceptors (Lipinski definition) is 4. The first-order chi connectivity index (χ1) is 14.0. The first kappa shape index (κ1) is 19.6. The molecular formula is C22H28N4O3. The van der Waals surface area contributed by atoms with Crippen LogP contribution >= 0.6 is 0 Å². The molecule has 0 aliphatic carbocycles. The molecule has 1 aromatic heterocycles. The summed E-state index contributed by atoms with van der Waals surface area (Å²) in [4.78, 5) is 29.3. The molecule has 2 aliphatic rings. The third kappa shape index (κ3) is 3.79. The zero-order chi connectivity index (χ0) is 20.4. The number of aromatic nitrogens is 2. The molecule has 154 valence electrons. The average Bonchev–Trinajstić information content (AvgIpc) is 3.11. The van der Waals surface area contributed by atoms with Gasteiger partial charge in [0, 0.05) is 24.5 Å². The Morgan fingerprint density at radius 3 is 2.79 bits per heavy atom. The number of likely N-dealkylation sites (tertiary alicyclic amines) is 1. The SMILES string of the molecule is CCCn1ncc(C(=O)N2CCCC3(C2)CN(c2ccccc2)C(=O)CO3)c1C. The standard InChI is InChI=1S/C22H28N4O3/c1-3-11-26-17(2)19(13-23-26)21(28)24-12-7-10-22(15-24)16-25(20(27)14-29-22)18-8-5-4-6-9-18/h4-6,8-9,13H,3,7,10-12,14-16H2,1-2H3. The van der Waals surface area contributed by atoms with Crippen molar-refractivity contribution in [2.45, 2.75) is 45.3 Å². The van der Waals surface area contributed by atoms with Gasteiger partial charge in [0.05, 0.1) is 24.8 Å². The van der Waals surface area contributed by atoms with Crippen molar-refractivity contribution >= 4 is 17.5 Å². The first-order valence-electron chi connectivity index (χ1n) is 10.3. The molecular weight excluding hydrogens is 368 g/mol. The van der Waals surface area contributed by atoms with E-state index in [0.29, 0.717) is 25.2 Å². The Kier molecular flexibility index (Phi) is 5.41. The van der Waals surface area contributed by atoms with Crippen LogP contribution in [-0.2, 0) is 16.1 Å². The van der Waals surface area contributed by atoms with Gasteiger partial charge < -0.3 is 14.5 Å². The summed E-state index contributed by atoms with van der Waals surface area (Å²) in [5, 5.41) is 4.37. The fourth-order valence-corrected chi connectivity index (χ4v) is 4.34. The summed E-state index contributed by atoms with van der Waals surface area (Å²) in [7, 11) is 0. The van der Waals surface area contributed by atoms with Crippen molar-refractivity contribution < 1.29 is 14.3 Å². The third-order valence-corrected chi connectivity index (χ3v) is 5.91. The second kappa shape index (κ2) is 7.99. The lowest BCUT2D eigenvalue weighted by molar-refractivity contribution is -0.144. The maximum Gasteiger partial charge on any atom is 0.257 e. The summed E-state index contributed by atoms with van der Waals surface area (Å²) < 4.78 is 7.94. The number of carbonyl (C=O) groups excluding carboxylic acids is 2.